The van der Waals surface area contributed by atoms with Crippen molar-refractivity contribution in [3.8, 4) is 0 Å². The van der Waals surface area contributed by atoms with Crippen LogP contribution in [0.1, 0.15) is 0 Å². The lowest BCUT2D eigenvalue weighted by Crippen LogP contribution is -1.82. The lowest BCUT2D eigenvalue weighted by molar-refractivity contribution is 2.04. The van der Waals surface area contributed by atoms with Crippen LogP contribution < -0.4 is 0 Å². The maximum atomic E-state index is 2.05. The summed E-state index contributed by atoms with van der Waals surface area (Å²) in [5, 5.41) is 6.41. The summed E-state index contributed by atoms with van der Waals surface area (Å²) in [5.74, 6) is 0. The molecule has 0 radical (unpaired) electrons. The highest BCUT2D eigenvalue weighted by Gasteiger charge is 1.96. The van der Waals surface area contributed by atoms with Crippen molar-refractivity contribution in [2.45, 2.75) is 0 Å². The topological polar surface area (TPSA) is 0 Å². The minimum Gasteiger partial charge on any atom is -0.140 e. The van der Waals surface area contributed by atoms with Crippen molar-refractivity contribution >= 4 is 58.8 Å². The second kappa shape index (κ2) is 7.40. The number of thioether (sulfide) groups is 5. The summed E-state index contributed by atoms with van der Waals surface area (Å²) >= 11 is 10.3. The van der Waals surface area contributed by atoms with Crippen LogP contribution in [-0.2, 0) is 0 Å². The van der Waals surface area contributed by atoms with Crippen molar-refractivity contribution < 1.29 is 0 Å². The van der Waals surface area contributed by atoms with Crippen molar-refractivity contribution in [3.63, 3.8) is 0 Å². The quantitative estimate of drug-likeness (QED) is 0.623. The molecule has 0 spiro atoms. The van der Waals surface area contributed by atoms with E-state index in [0.717, 1.165) is 0 Å². The summed E-state index contributed by atoms with van der Waals surface area (Å²) in [6.45, 7) is 0. The molecule has 0 unspecified atom stereocenters. The van der Waals surface area contributed by atoms with E-state index in [0.29, 0.717) is 0 Å². The van der Waals surface area contributed by atoms with Crippen molar-refractivity contribution in [2.75, 3.05) is 25.4 Å². The third-order valence-corrected chi connectivity index (χ3v) is 7.50. The zero-order valence-corrected chi connectivity index (χ0v) is 9.66. The van der Waals surface area contributed by atoms with Crippen molar-refractivity contribution in [3.05, 3.63) is 0 Å². The molecular weight excluding hydrogens is 220 g/mol. The van der Waals surface area contributed by atoms with Crippen LogP contribution >= 0.6 is 58.8 Å². The highest BCUT2D eigenvalue weighted by molar-refractivity contribution is 8.32. The molecule has 1 saturated heterocycles. The lowest BCUT2D eigenvalue weighted by atomic mass is 11.8. The molecule has 0 saturated carbocycles. The van der Waals surface area contributed by atoms with Gasteiger partial charge < -0.3 is 0 Å². The molecule has 0 aromatic heterocycles. The summed E-state index contributed by atoms with van der Waals surface area (Å²) in [6.07, 6.45) is 0. The average molecular weight is 230 g/mol. The Hall–Kier alpha value is 1.75. The summed E-state index contributed by atoms with van der Waals surface area (Å²) in [5.41, 5.74) is 0. The Balaban J connectivity index is 2.00. The second-order valence-corrected chi connectivity index (χ2v) is 8.37. The summed E-state index contributed by atoms with van der Waals surface area (Å²) in [4.78, 5) is 0. The fraction of sp³-hybridized carbons (Fsp3) is 1.00. The van der Waals surface area contributed by atoms with Crippen LogP contribution in [-0.4, -0.2) is 25.4 Å². The van der Waals surface area contributed by atoms with Crippen LogP contribution in [0.25, 0.3) is 0 Å². The van der Waals surface area contributed by atoms with Crippen molar-refractivity contribution in [1.29, 1.82) is 0 Å². The van der Waals surface area contributed by atoms with E-state index in [2.05, 4.69) is 58.8 Å². The molecule has 1 heterocycles. The molecule has 60 valence electrons. The first kappa shape index (κ1) is 9.84. The van der Waals surface area contributed by atoms with Gasteiger partial charge in [-0.1, -0.05) is 0 Å². The maximum absolute atomic E-state index is 2.05. The van der Waals surface area contributed by atoms with Gasteiger partial charge in [-0.25, -0.2) is 0 Å². The van der Waals surface area contributed by atoms with Crippen LogP contribution in [0, 0.1) is 0 Å². The summed E-state index contributed by atoms with van der Waals surface area (Å²) in [6, 6.07) is 0. The zero-order valence-electron chi connectivity index (χ0n) is 5.58. The largest absolute Gasteiger partial charge is 0.140 e. The predicted octanol–water partition coefficient (Wildman–Crippen LogP) is 3.45. The summed E-state index contributed by atoms with van der Waals surface area (Å²) in [7, 11) is 0. The third-order valence-electron chi connectivity index (χ3n) is 0.833. The van der Waals surface area contributed by atoms with E-state index >= 15 is 0 Å². The van der Waals surface area contributed by atoms with Crippen LogP contribution in [0.4, 0.5) is 0 Å². The molecule has 1 fully saturated rings. The SMILES string of the molecule is C1SCSCSCSCS1. The molecule has 0 bridgehead atoms. The normalized spacial score (nSPS) is 24.0. The molecule has 0 amide bonds. The van der Waals surface area contributed by atoms with E-state index in [4.69, 9.17) is 0 Å². The first-order valence-corrected chi connectivity index (χ1v) is 8.66. The fourth-order valence-corrected chi connectivity index (χ4v) is 7.24. The van der Waals surface area contributed by atoms with Gasteiger partial charge in [0.1, 0.15) is 0 Å². The lowest BCUT2D eigenvalue weighted by Gasteiger charge is -2.05. The molecule has 0 nitrogen and oxygen atoms in total. The van der Waals surface area contributed by atoms with Gasteiger partial charge in [-0.2, -0.15) is 0 Å². The van der Waals surface area contributed by atoms with Gasteiger partial charge >= 0.3 is 0 Å². The van der Waals surface area contributed by atoms with E-state index in [9.17, 15) is 0 Å². The maximum Gasteiger partial charge on any atom is 0.0408 e. The van der Waals surface area contributed by atoms with E-state index < -0.39 is 0 Å². The Labute approximate surface area is 83.8 Å². The summed E-state index contributed by atoms with van der Waals surface area (Å²) < 4.78 is 0. The fourth-order valence-electron chi connectivity index (χ4n) is 0.465. The molecule has 1 aliphatic rings. The first-order valence-electron chi connectivity index (χ1n) is 2.89. The van der Waals surface area contributed by atoms with Gasteiger partial charge in [0.2, 0.25) is 0 Å². The zero-order chi connectivity index (χ0) is 7.07. The second-order valence-electron chi connectivity index (χ2n) is 1.61. The van der Waals surface area contributed by atoms with E-state index in [1.807, 2.05) is 0 Å². The van der Waals surface area contributed by atoms with Crippen LogP contribution in [0.15, 0.2) is 0 Å². The van der Waals surface area contributed by atoms with Gasteiger partial charge in [0.05, 0.1) is 0 Å². The molecule has 0 aromatic rings. The van der Waals surface area contributed by atoms with E-state index in [-0.39, 0.29) is 0 Å². The standard InChI is InChI=1S/C5H10S5/c1-6-2-8-4-10-5-9-3-7-1/h1-5H2. The van der Waals surface area contributed by atoms with Gasteiger partial charge in [-0.15, -0.1) is 58.8 Å². The molecule has 0 atom stereocenters. The number of hydrogen-bond donors (Lipinski definition) is 0. The monoisotopic (exact) mass is 230 g/mol. The molecule has 0 N–H and O–H groups in total. The molecule has 0 aromatic carbocycles. The molecule has 1 aliphatic heterocycles. The Kier molecular flexibility index (Phi) is 7.28. The first-order chi connectivity index (χ1) is 5.00. The minimum absolute atomic E-state index is 1.28. The average Bonchev–Trinajstić information content (AvgIpc) is 2.01. The van der Waals surface area contributed by atoms with Gasteiger partial charge in [-0.3, -0.25) is 0 Å². The van der Waals surface area contributed by atoms with Gasteiger partial charge in [-0.05, 0) is 0 Å². The number of rotatable bonds is 0. The van der Waals surface area contributed by atoms with Gasteiger partial charge in [0, 0.05) is 25.4 Å². The third kappa shape index (κ3) is 5.41. The Bertz CT molecular complexity index is 43.2. The van der Waals surface area contributed by atoms with Gasteiger partial charge in [0.25, 0.3) is 0 Å². The van der Waals surface area contributed by atoms with Crippen LogP contribution in [0.3, 0.4) is 0 Å². The predicted molar refractivity (Wildman–Crippen MR) is 62.3 cm³/mol. The smallest absolute Gasteiger partial charge is 0.0408 e. The van der Waals surface area contributed by atoms with Gasteiger partial charge in [0.15, 0.2) is 0 Å². The molecule has 1 rings (SSSR count). The minimum atomic E-state index is 1.28. The Morgan fingerprint density at radius 2 is 0.600 bits per heavy atom. The molecular formula is C5H10S5. The molecule has 0 aliphatic carbocycles. The van der Waals surface area contributed by atoms with E-state index in [1.165, 1.54) is 25.4 Å². The van der Waals surface area contributed by atoms with Crippen LogP contribution in [0.2, 0.25) is 0 Å². The van der Waals surface area contributed by atoms with Crippen molar-refractivity contribution in [2.24, 2.45) is 0 Å². The Morgan fingerprint density at radius 3 is 0.800 bits per heavy atom. The molecule has 10 heavy (non-hydrogen) atoms. The highest BCUT2D eigenvalue weighted by atomic mass is 32.3. The van der Waals surface area contributed by atoms with Crippen molar-refractivity contribution in [1.82, 2.24) is 0 Å². The van der Waals surface area contributed by atoms with E-state index in [1.54, 1.807) is 0 Å². The van der Waals surface area contributed by atoms with Crippen LogP contribution in [0.5, 0.6) is 0 Å². The molecule has 5 heteroatoms. The highest BCUT2D eigenvalue weighted by Crippen LogP contribution is 2.27. The number of hydrogen-bond acceptors (Lipinski definition) is 5. The Morgan fingerprint density at radius 1 is 0.400 bits per heavy atom.